The van der Waals surface area contributed by atoms with Crippen molar-refractivity contribution in [1.82, 2.24) is 5.32 Å². The fraction of sp³-hybridized carbons (Fsp3) is 0.231. The van der Waals surface area contributed by atoms with Gasteiger partial charge >= 0.3 is 0 Å². The number of benzene rings is 1. The summed E-state index contributed by atoms with van der Waals surface area (Å²) in [6, 6.07) is 7.20. The van der Waals surface area contributed by atoms with Crippen molar-refractivity contribution < 1.29 is 9.15 Å². The molecule has 0 spiro atoms. The first-order valence-electron chi connectivity index (χ1n) is 5.63. The first-order valence-corrected chi connectivity index (χ1v) is 6.38. The Morgan fingerprint density at radius 2 is 2.05 bits per heavy atom. The molecule has 3 nitrogen and oxygen atoms in total. The van der Waals surface area contributed by atoms with Crippen LogP contribution >= 0.6 is 35.6 Å². The largest absolute Gasteiger partial charge is 0.484 e. The molecule has 0 aliphatic carbocycles. The van der Waals surface area contributed by atoms with Crippen LogP contribution in [0.5, 0.6) is 5.75 Å². The molecule has 3 rings (SSSR count). The van der Waals surface area contributed by atoms with E-state index in [2.05, 4.69) is 5.32 Å². The monoisotopic (exact) mass is 319 g/mol. The fourth-order valence-electron chi connectivity index (χ4n) is 2.03. The summed E-state index contributed by atoms with van der Waals surface area (Å²) < 4.78 is 11.3. The molecule has 19 heavy (non-hydrogen) atoms. The molecule has 1 aliphatic rings. The summed E-state index contributed by atoms with van der Waals surface area (Å²) in [4.78, 5) is 0. The molecule has 1 unspecified atom stereocenters. The second kappa shape index (κ2) is 6.06. The highest BCUT2D eigenvalue weighted by molar-refractivity contribution is 6.42. The molecule has 2 aromatic rings. The molecular weight excluding hydrogens is 309 g/mol. The van der Waals surface area contributed by atoms with Gasteiger partial charge in [-0.05, 0) is 18.2 Å². The summed E-state index contributed by atoms with van der Waals surface area (Å²) in [5, 5.41) is 4.26. The van der Waals surface area contributed by atoms with Gasteiger partial charge in [-0.25, -0.2) is 0 Å². The van der Waals surface area contributed by atoms with Gasteiger partial charge in [0.05, 0.1) is 22.9 Å². The molecule has 6 heteroatoms. The Morgan fingerprint density at radius 3 is 2.84 bits per heavy atom. The van der Waals surface area contributed by atoms with Crippen molar-refractivity contribution in [1.29, 1.82) is 0 Å². The average molecular weight is 321 g/mol. The third-order valence-electron chi connectivity index (χ3n) is 2.91. The maximum absolute atomic E-state index is 5.96. The van der Waals surface area contributed by atoms with E-state index in [1.54, 1.807) is 18.4 Å². The van der Waals surface area contributed by atoms with Crippen LogP contribution in [0.25, 0.3) is 0 Å². The van der Waals surface area contributed by atoms with Crippen LogP contribution in [-0.4, -0.2) is 6.54 Å². The number of nitrogens with one attached hydrogen (secondary N) is 1. The van der Waals surface area contributed by atoms with E-state index in [9.17, 15) is 0 Å². The predicted octanol–water partition coefficient (Wildman–Crippen LogP) is 4.23. The Balaban J connectivity index is 0.00000133. The Morgan fingerprint density at radius 1 is 1.21 bits per heavy atom. The molecule has 1 atom stereocenters. The number of halogens is 3. The molecule has 1 aromatic carbocycles. The highest BCUT2D eigenvalue weighted by atomic mass is 35.5. The summed E-state index contributed by atoms with van der Waals surface area (Å²) >= 11 is 11.8. The lowest BCUT2D eigenvalue weighted by atomic mass is 10.1. The van der Waals surface area contributed by atoms with Gasteiger partial charge in [-0.2, -0.15) is 0 Å². The van der Waals surface area contributed by atoms with Crippen molar-refractivity contribution >= 4 is 35.6 Å². The van der Waals surface area contributed by atoms with Crippen molar-refractivity contribution in [2.24, 2.45) is 0 Å². The lowest BCUT2D eigenvalue weighted by molar-refractivity contribution is 0.186. The normalized spacial score (nSPS) is 17.5. The first-order chi connectivity index (χ1) is 8.74. The summed E-state index contributed by atoms with van der Waals surface area (Å²) in [5.41, 5.74) is 1.08. The number of rotatable bonds is 2. The van der Waals surface area contributed by atoms with Gasteiger partial charge in [0, 0.05) is 18.2 Å². The van der Waals surface area contributed by atoms with E-state index < -0.39 is 0 Å². The Bertz CT molecular complexity index is 571. The van der Waals surface area contributed by atoms with Gasteiger partial charge in [0.15, 0.2) is 0 Å². The molecule has 1 N–H and O–H groups in total. The van der Waals surface area contributed by atoms with Gasteiger partial charge in [-0.1, -0.05) is 23.2 Å². The second-order valence-electron chi connectivity index (χ2n) is 4.11. The van der Waals surface area contributed by atoms with E-state index in [1.165, 1.54) is 0 Å². The van der Waals surface area contributed by atoms with Gasteiger partial charge in [0.1, 0.15) is 17.6 Å². The molecule has 1 aliphatic heterocycles. The molecule has 0 radical (unpaired) electrons. The zero-order valence-corrected chi connectivity index (χ0v) is 12.2. The first kappa shape index (κ1) is 14.5. The van der Waals surface area contributed by atoms with Gasteiger partial charge in [-0.3, -0.25) is 0 Å². The zero-order valence-electron chi connectivity index (χ0n) is 9.86. The smallest absolute Gasteiger partial charge is 0.140 e. The predicted molar refractivity (Wildman–Crippen MR) is 77.5 cm³/mol. The molecule has 102 valence electrons. The summed E-state index contributed by atoms with van der Waals surface area (Å²) in [6.07, 6.45) is 1.62. The van der Waals surface area contributed by atoms with Crippen LogP contribution in [0.1, 0.15) is 17.4 Å². The molecule has 0 fully saturated rings. The topological polar surface area (TPSA) is 34.4 Å². The van der Waals surface area contributed by atoms with E-state index in [-0.39, 0.29) is 18.5 Å². The van der Waals surface area contributed by atoms with Crippen LogP contribution in [0, 0.1) is 0 Å². The average Bonchev–Trinajstić information content (AvgIpc) is 2.83. The number of hydrogen-bond donors (Lipinski definition) is 1. The lowest BCUT2D eigenvalue weighted by Gasteiger charge is -2.23. The van der Waals surface area contributed by atoms with Crippen LogP contribution < -0.4 is 10.1 Å². The minimum atomic E-state index is -0.0651. The molecule has 0 saturated carbocycles. The fourth-order valence-corrected chi connectivity index (χ4v) is 2.32. The quantitative estimate of drug-likeness (QED) is 0.899. The lowest BCUT2D eigenvalue weighted by Crippen LogP contribution is -2.30. The standard InChI is InChI=1S/C13H11Cl2NO2.ClH/c14-10-2-1-8(5-11(10)15)18-13-7-16-6-12-9(13)3-4-17-12;/h1-5,13,16H,6-7H2;1H. The van der Waals surface area contributed by atoms with Gasteiger partial charge < -0.3 is 14.5 Å². The third-order valence-corrected chi connectivity index (χ3v) is 3.65. The molecule has 0 amide bonds. The third kappa shape index (κ3) is 3.00. The maximum Gasteiger partial charge on any atom is 0.140 e. The number of hydrogen-bond acceptors (Lipinski definition) is 3. The second-order valence-corrected chi connectivity index (χ2v) is 4.93. The number of ether oxygens (including phenoxy) is 1. The Kier molecular flexibility index (Phi) is 4.63. The van der Waals surface area contributed by atoms with E-state index in [1.807, 2.05) is 12.1 Å². The van der Waals surface area contributed by atoms with Crippen LogP contribution in [0.15, 0.2) is 34.9 Å². The van der Waals surface area contributed by atoms with Crippen molar-refractivity contribution in [2.45, 2.75) is 12.6 Å². The minimum absolute atomic E-state index is 0. The highest BCUT2D eigenvalue weighted by Gasteiger charge is 2.23. The molecule has 0 bridgehead atoms. The number of fused-ring (bicyclic) bond motifs is 1. The van der Waals surface area contributed by atoms with Crippen LogP contribution in [-0.2, 0) is 6.54 Å². The van der Waals surface area contributed by atoms with E-state index in [4.69, 9.17) is 32.4 Å². The summed E-state index contributed by atoms with van der Waals surface area (Å²) in [6.45, 7) is 1.48. The number of furan rings is 1. The Hall–Kier alpha value is -0.870. The van der Waals surface area contributed by atoms with Crippen LogP contribution in [0.3, 0.4) is 0 Å². The molecule has 2 heterocycles. The van der Waals surface area contributed by atoms with E-state index in [0.29, 0.717) is 15.8 Å². The minimum Gasteiger partial charge on any atom is -0.484 e. The summed E-state index contributed by atoms with van der Waals surface area (Å²) in [5.74, 6) is 1.62. The Labute approximate surface area is 127 Å². The van der Waals surface area contributed by atoms with Crippen molar-refractivity contribution in [2.75, 3.05) is 6.54 Å². The molecule has 1 aromatic heterocycles. The highest BCUT2D eigenvalue weighted by Crippen LogP contribution is 2.31. The van der Waals surface area contributed by atoms with Gasteiger partial charge in [0.25, 0.3) is 0 Å². The van der Waals surface area contributed by atoms with E-state index in [0.717, 1.165) is 24.4 Å². The van der Waals surface area contributed by atoms with Crippen molar-refractivity contribution in [3.63, 3.8) is 0 Å². The van der Waals surface area contributed by atoms with Gasteiger partial charge in [-0.15, -0.1) is 12.4 Å². The van der Waals surface area contributed by atoms with Crippen LogP contribution in [0.2, 0.25) is 10.0 Å². The summed E-state index contributed by atoms with van der Waals surface area (Å²) in [7, 11) is 0. The van der Waals surface area contributed by atoms with Gasteiger partial charge in [0.2, 0.25) is 0 Å². The van der Waals surface area contributed by atoms with E-state index >= 15 is 0 Å². The van der Waals surface area contributed by atoms with Crippen molar-refractivity contribution in [3.05, 3.63) is 51.9 Å². The SMILES string of the molecule is Cl.Clc1ccc(OC2CNCc3occc32)cc1Cl. The molecule has 0 saturated heterocycles. The van der Waals surface area contributed by atoms with Crippen molar-refractivity contribution in [3.8, 4) is 5.75 Å². The zero-order chi connectivity index (χ0) is 12.5. The van der Waals surface area contributed by atoms with Crippen LogP contribution in [0.4, 0.5) is 0 Å². The molecular formula is C13H12Cl3NO2. The maximum atomic E-state index is 5.96.